The first-order valence-corrected chi connectivity index (χ1v) is 6.92. The average Bonchev–Trinajstić information content (AvgIpc) is 2.84. The largest absolute Gasteiger partial charge is 0.477 e. The van der Waals surface area contributed by atoms with Gasteiger partial charge >= 0.3 is 5.97 Å². The van der Waals surface area contributed by atoms with Crippen LogP contribution in [-0.4, -0.2) is 15.6 Å². The van der Waals surface area contributed by atoms with Gasteiger partial charge in [-0.1, -0.05) is 18.2 Å². The van der Waals surface area contributed by atoms with Gasteiger partial charge in [0, 0.05) is 10.9 Å². The van der Waals surface area contributed by atoms with Crippen LogP contribution in [0.15, 0.2) is 52.8 Å². The Morgan fingerprint density at radius 1 is 1.20 bits per heavy atom. The summed E-state index contributed by atoms with van der Waals surface area (Å²) in [5.74, 6) is -1.19. The van der Waals surface area contributed by atoms with E-state index in [0.717, 1.165) is 15.6 Å². The van der Waals surface area contributed by atoms with E-state index in [9.17, 15) is 9.59 Å². The number of pyridine rings is 1. The molecule has 2 heterocycles. The average molecular weight is 285 g/mol. The summed E-state index contributed by atoms with van der Waals surface area (Å²) in [6.07, 6.45) is 1.61. The number of fused-ring (bicyclic) bond motifs is 1. The molecule has 0 unspecified atom stereocenters. The molecular weight excluding hydrogens is 274 g/mol. The summed E-state index contributed by atoms with van der Waals surface area (Å²) in [5.41, 5.74) is 0.345. The van der Waals surface area contributed by atoms with Gasteiger partial charge in [-0.05, 0) is 34.5 Å². The Bertz CT molecular complexity index is 847. The van der Waals surface area contributed by atoms with Crippen molar-refractivity contribution in [2.45, 2.75) is 6.54 Å². The second kappa shape index (κ2) is 4.94. The summed E-state index contributed by atoms with van der Waals surface area (Å²) in [6.45, 7) is 0.379. The number of hydrogen-bond acceptors (Lipinski definition) is 3. The highest BCUT2D eigenvalue weighted by Crippen LogP contribution is 2.25. The first-order chi connectivity index (χ1) is 9.66. The molecule has 0 spiro atoms. The molecule has 2 aromatic heterocycles. The maximum Gasteiger partial charge on any atom is 0.341 e. The van der Waals surface area contributed by atoms with Crippen LogP contribution >= 0.6 is 11.3 Å². The van der Waals surface area contributed by atoms with E-state index in [1.165, 1.54) is 10.6 Å². The molecule has 0 aliphatic carbocycles. The molecule has 20 heavy (non-hydrogen) atoms. The van der Waals surface area contributed by atoms with Crippen LogP contribution in [-0.2, 0) is 6.54 Å². The van der Waals surface area contributed by atoms with Gasteiger partial charge in [0.15, 0.2) is 0 Å². The molecule has 0 saturated heterocycles. The van der Waals surface area contributed by atoms with Crippen molar-refractivity contribution in [1.29, 1.82) is 0 Å². The molecule has 3 aromatic rings. The molecule has 5 heteroatoms. The van der Waals surface area contributed by atoms with Gasteiger partial charge < -0.3 is 9.67 Å². The first kappa shape index (κ1) is 12.6. The highest BCUT2D eigenvalue weighted by molar-refractivity contribution is 7.17. The number of aromatic carboxylic acids is 1. The lowest BCUT2D eigenvalue weighted by molar-refractivity contribution is 0.0694. The molecule has 1 aromatic carbocycles. The molecule has 0 saturated carbocycles. The zero-order chi connectivity index (χ0) is 14.1. The third kappa shape index (κ3) is 2.12. The van der Waals surface area contributed by atoms with Crippen LogP contribution < -0.4 is 5.56 Å². The zero-order valence-corrected chi connectivity index (χ0v) is 11.3. The number of hydrogen-bond donors (Lipinski definition) is 1. The van der Waals surface area contributed by atoms with Crippen molar-refractivity contribution in [2.75, 3.05) is 0 Å². The molecule has 0 aliphatic rings. The van der Waals surface area contributed by atoms with Gasteiger partial charge in [0.25, 0.3) is 5.56 Å². The summed E-state index contributed by atoms with van der Waals surface area (Å²) >= 11 is 1.62. The minimum absolute atomic E-state index is 0.202. The first-order valence-electron chi connectivity index (χ1n) is 6.04. The van der Waals surface area contributed by atoms with Crippen LogP contribution in [0.4, 0.5) is 0 Å². The van der Waals surface area contributed by atoms with Crippen LogP contribution in [0.3, 0.4) is 0 Å². The molecule has 100 valence electrons. The van der Waals surface area contributed by atoms with Crippen LogP contribution in [0.25, 0.3) is 10.1 Å². The molecule has 3 rings (SSSR count). The highest BCUT2D eigenvalue weighted by Gasteiger charge is 2.11. The number of benzene rings is 1. The SMILES string of the molecule is O=C(O)c1cccn(Cc2csc3ccccc23)c1=O. The zero-order valence-electron chi connectivity index (χ0n) is 10.4. The Kier molecular flexibility index (Phi) is 3.12. The maximum atomic E-state index is 12.1. The highest BCUT2D eigenvalue weighted by atomic mass is 32.1. The molecule has 0 radical (unpaired) electrons. The second-order valence-corrected chi connectivity index (χ2v) is 5.33. The number of thiophene rings is 1. The molecule has 0 bridgehead atoms. The van der Waals surface area contributed by atoms with E-state index in [1.54, 1.807) is 23.6 Å². The lowest BCUT2D eigenvalue weighted by Crippen LogP contribution is -2.25. The Morgan fingerprint density at radius 3 is 2.80 bits per heavy atom. The standard InChI is InChI=1S/C15H11NO3S/c17-14-12(15(18)19)5-3-7-16(14)8-10-9-20-13-6-2-1-4-11(10)13/h1-7,9H,8H2,(H,18,19). The van der Waals surface area contributed by atoms with Gasteiger partial charge in [-0.25, -0.2) is 4.79 Å². The summed E-state index contributed by atoms with van der Waals surface area (Å²) in [5, 5.41) is 12.1. The second-order valence-electron chi connectivity index (χ2n) is 4.42. The van der Waals surface area contributed by atoms with E-state index >= 15 is 0 Å². The smallest absolute Gasteiger partial charge is 0.341 e. The minimum atomic E-state index is -1.19. The van der Waals surface area contributed by atoms with Crippen LogP contribution in [0.2, 0.25) is 0 Å². The lowest BCUT2D eigenvalue weighted by Gasteiger charge is -2.05. The fourth-order valence-corrected chi connectivity index (χ4v) is 3.12. The van der Waals surface area contributed by atoms with E-state index in [4.69, 9.17) is 5.11 Å². The fraction of sp³-hybridized carbons (Fsp3) is 0.0667. The van der Waals surface area contributed by atoms with E-state index in [0.29, 0.717) is 6.54 Å². The Hall–Kier alpha value is -2.40. The Labute approximate surface area is 118 Å². The van der Waals surface area contributed by atoms with Gasteiger partial charge in [-0.3, -0.25) is 4.79 Å². The predicted molar refractivity (Wildman–Crippen MR) is 78.6 cm³/mol. The summed E-state index contributed by atoms with van der Waals surface area (Å²) in [7, 11) is 0. The number of aromatic nitrogens is 1. The van der Waals surface area contributed by atoms with Crippen molar-refractivity contribution >= 4 is 27.4 Å². The third-order valence-corrected chi connectivity index (χ3v) is 4.16. The lowest BCUT2D eigenvalue weighted by atomic mass is 10.2. The summed E-state index contributed by atoms with van der Waals surface area (Å²) < 4.78 is 2.59. The van der Waals surface area contributed by atoms with Gasteiger partial charge in [-0.15, -0.1) is 11.3 Å². The van der Waals surface area contributed by atoms with Crippen molar-refractivity contribution in [3.63, 3.8) is 0 Å². The van der Waals surface area contributed by atoms with Crippen molar-refractivity contribution in [3.8, 4) is 0 Å². The molecule has 0 atom stereocenters. The molecule has 0 fully saturated rings. The van der Waals surface area contributed by atoms with Crippen molar-refractivity contribution < 1.29 is 9.90 Å². The number of carbonyl (C=O) groups is 1. The number of carboxylic acids is 1. The summed E-state index contributed by atoms with van der Waals surface area (Å²) in [4.78, 5) is 23.0. The van der Waals surface area contributed by atoms with Crippen molar-refractivity contribution in [3.05, 3.63) is 69.5 Å². The van der Waals surface area contributed by atoms with Crippen LogP contribution in [0, 0.1) is 0 Å². The van der Waals surface area contributed by atoms with Crippen LogP contribution in [0.5, 0.6) is 0 Å². The quantitative estimate of drug-likeness (QED) is 0.805. The molecule has 1 N–H and O–H groups in total. The van der Waals surface area contributed by atoms with E-state index < -0.39 is 11.5 Å². The molecule has 4 nitrogen and oxygen atoms in total. The van der Waals surface area contributed by atoms with Gasteiger partial charge in [0.05, 0.1) is 6.54 Å². The molecule has 0 aliphatic heterocycles. The topological polar surface area (TPSA) is 59.3 Å². The van der Waals surface area contributed by atoms with E-state index in [1.807, 2.05) is 29.6 Å². The van der Waals surface area contributed by atoms with Crippen molar-refractivity contribution in [1.82, 2.24) is 4.57 Å². The van der Waals surface area contributed by atoms with Gasteiger partial charge in [0.1, 0.15) is 5.56 Å². The van der Waals surface area contributed by atoms with E-state index in [-0.39, 0.29) is 5.56 Å². The number of nitrogens with zero attached hydrogens (tertiary/aromatic N) is 1. The predicted octanol–water partition coefficient (Wildman–Crippen LogP) is 2.81. The summed E-state index contributed by atoms with van der Waals surface area (Å²) in [6, 6.07) is 10.9. The maximum absolute atomic E-state index is 12.1. The Morgan fingerprint density at radius 2 is 2.00 bits per heavy atom. The number of carboxylic acid groups (broad SMARTS) is 1. The van der Waals surface area contributed by atoms with Gasteiger partial charge in [0.2, 0.25) is 0 Å². The van der Waals surface area contributed by atoms with E-state index in [2.05, 4.69) is 0 Å². The van der Waals surface area contributed by atoms with Gasteiger partial charge in [-0.2, -0.15) is 0 Å². The Balaban J connectivity index is 2.06. The minimum Gasteiger partial charge on any atom is -0.477 e. The number of rotatable bonds is 3. The van der Waals surface area contributed by atoms with Crippen molar-refractivity contribution in [2.24, 2.45) is 0 Å². The third-order valence-electron chi connectivity index (χ3n) is 3.15. The fourth-order valence-electron chi connectivity index (χ4n) is 2.16. The monoisotopic (exact) mass is 285 g/mol. The molecular formula is C15H11NO3S. The normalized spacial score (nSPS) is 10.8. The molecule has 0 amide bonds. The van der Waals surface area contributed by atoms with Crippen LogP contribution in [0.1, 0.15) is 15.9 Å².